The molecule has 0 spiro atoms. The quantitative estimate of drug-likeness (QED) is 0.589. The van der Waals surface area contributed by atoms with Crippen LogP contribution in [0.2, 0.25) is 5.02 Å². The average molecular weight is 405 g/mol. The van der Waals surface area contributed by atoms with Crippen molar-refractivity contribution in [2.45, 2.75) is 44.4 Å². The van der Waals surface area contributed by atoms with Gasteiger partial charge in [-0.1, -0.05) is 35.8 Å². The number of benzene rings is 1. The third-order valence-corrected chi connectivity index (χ3v) is 6.17. The van der Waals surface area contributed by atoms with Crippen molar-refractivity contribution in [2.75, 3.05) is 11.1 Å². The fourth-order valence-corrected chi connectivity index (χ4v) is 4.39. The van der Waals surface area contributed by atoms with E-state index in [2.05, 4.69) is 15.3 Å². The van der Waals surface area contributed by atoms with Gasteiger partial charge in [0.1, 0.15) is 18.2 Å². The van der Waals surface area contributed by atoms with Crippen molar-refractivity contribution >= 4 is 44.1 Å². The van der Waals surface area contributed by atoms with Crippen LogP contribution in [0.25, 0.3) is 10.2 Å². The molecule has 0 aliphatic heterocycles. The molecule has 1 fully saturated rings. The lowest BCUT2D eigenvalue weighted by molar-refractivity contribution is 0.116. The highest BCUT2D eigenvalue weighted by Gasteiger charge is 2.23. The molecule has 0 unspecified atom stereocenters. The van der Waals surface area contributed by atoms with E-state index in [1.807, 2.05) is 18.2 Å². The van der Waals surface area contributed by atoms with Crippen LogP contribution in [0.15, 0.2) is 30.5 Å². The molecular weight excluding hydrogens is 384 g/mol. The number of rotatable bonds is 5. The molecule has 1 aliphatic carbocycles. The van der Waals surface area contributed by atoms with Crippen LogP contribution in [-0.2, 0) is 6.61 Å². The summed E-state index contributed by atoms with van der Waals surface area (Å²) >= 11 is 7.72. The number of fused-ring (bicyclic) bond motifs is 1. The number of aromatic nitrogens is 2. The number of aliphatic hydroxyl groups excluding tert-OH is 1. The van der Waals surface area contributed by atoms with Crippen molar-refractivity contribution < 1.29 is 9.84 Å². The molecular formula is C19H21ClN4O2S. The number of nitrogens with one attached hydrogen (secondary N) is 1. The Labute approximate surface area is 166 Å². The number of pyridine rings is 1. The summed E-state index contributed by atoms with van der Waals surface area (Å²) < 4.78 is 6.89. The van der Waals surface area contributed by atoms with Crippen LogP contribution in [0.4, 0.5) is 10.9 Å². The van der Waals surface area contributed by atoms with E-state index in [4.69, 9.17) is 22.1 Å². The lowest BCUT2D eigenvalue weighted by Crippen LogP contribution is -2.36. The van der Waals surface area contributed by atoms with Gasteiger partial charge in [-0.25, -0.2) is 9.97 Å². The summed E-state index contributed by atoms with van der Waals surface area (Å²) in [5.41, 5.74) is 7.43. The van der Waals surface area contributed by atoms with Crippen LogP contribution in [0, 0.1) is 0 Å². The lowest BCUT2D eigenvalue weighted by atomic mass is 9.93. The number of nitrogens with two attached hydrogens (primary N) is 1. The SMILES string of the molecule is Nc1nccc(COc2ccc3nc(N[C@H]4CCCC[C@H]4O)sc3c2)c1Cl. The minimum atomic E-state index is -0.304. The van der Waals surface area contributed by atoms with E-state index in [0.29, 0.717) is 17.4 Å². The van der Waals surface area contributed by atoms with E-state index >= 15 is 0 Å². The largest absolute Gasteiger partial charge is 0.489 e. The van der Waals surface area contributed by atoms with Crippen molar-refractivity contribution in [1.29, 1.82) is 0 Å². The summed E-state index contributed by atoms with van der Waals surface area (Å²) in [7, 11) is 0. The Morgan fingerprint density at radius 2 is 2.15 bits per heavy atom. The molecule has 2 heterocycles. The Morgan fingerprint density at radius 3 is 3.00 bits per heavy atom. The van der Waals surface area contributed by atoms with Crippen LogP contribution in [0.1, 0.15) is 31.2 Å². The first-order valence-electron chi connectivity index (χ1n) is 8.97. The van der Waals surface area contributed by atoms with Crippen LogP contribution in [0.5, 0.6) is 5.75 Å². The summed E-state index contributed by atoms with van der Waals surface area (Å²) in [6.45, 7) is 0.315. The van der Waals surface area contributed by atoms with Crippen molar-refractivity contribution in [3.8, 4) is 5.75 Å². The fourth-order valence-electron chi connectivity index (χ4n) is 3.27. The molecule has 0 radical (unpaired) electrons. The van der Waals surface area contributed by atoms with Crippen molar-refractivity contribution in [3.63, 3.8) is 0 Å². The number of hydrogen-bond acceptors (Lipinski definition) is 7. The monoisotopic (exact) mass is 404 g/mol. The van der Waals surface area contributed by atoms with Crippen LogP contribution < -0.4 is 15.8 Å². The number of hydrogen-bond donors (Lipinski definition) is 3. The van der Waals surface area contributed by atoms with Gasteiger partial charge < -0.3 is 20.9 Å². The minimum absolute atomic E-state index is 0.0781. The fraction of sp³-hybridized carbons (Fsp3) is 0.368. The molecule has 0 saturated heterocycles. The second-order valence-electron chi connectivity index (χ2n) is 6.71. The second kappa shape index (κ2) is 7.88. The van der Waals surface area contributed by atoms with Gasteiger partial charge in [-0.15, -0.1) is 0 Å². The first-order valence-corrected chi connectivity index (χ1v) is 10.2. The van der Waals surface area contributed by atoms with Gasteiger partial charge in [0.15, 0.2) is 5.13 Å². The first-order chi connectivity index (χ1) is 13.1. The van der Waals surface area contributed by atoms with Crippen molar-refractivity contribution in [1.82, 2.24) is 9.97 Å². The smallest absolute Gasteiger partial charge is 0.184 e. The van der Waals surface area contributed by atoms with Gasteiger partial charge in [0.2, 0.25) is 0 Å². The Balaban J connectivity index is 1.46. The Morgan fingerprint density at radius 1 is 1.30 bits per heavy atom. The van der Waals surface area contributed by atoms with E-state index < -0.39 is 0 Å². The summed E-state index contributed by atoms with van der Waals surface area (Å²) in [5.74, 6) is 1.04. The molecule has 27 heavy (non-hydrogen) atoms. The maximum Gasteiger partial charge on any atom is 0.184 e. The summed E-state index contributed by atoms with van der Waals surface area (Å²) in [5, 5.41) is 14.8. The van der Waals surface area contributed by atoms with Crippen molar-refractivity contribution in [3.05, 3.63) is 41.0 Å². The molecule has 2 atom stereocenters. The Kier molecular flexibility index (Phi) is 5.33. The minimum Gasteiger partial charge on any atom is -0.489 e. The molecule has 1 saturated carbocycles. The number of thiazole rings is 1. The van der Waals surface area contributed by atoms with E-state index in [1.165, 1.54) is 0 Å². The normalized spacial score (nSPS) is 19.9. The highest BCUT2D eigenvalue weighted by atomic mass is 35.5. The van der Waals surface area contributed by atoms with Gasteiger partial charge in [0.05, 0.1) is 27.4 Å². The predicted octanol–water partition coefficient (Wildman–Crippen LogP) is 4.22. The number of nitrogens with zero attached hydrogens (tertiary/aromatic N) is 2. The Bertz CT molecular complexity index is 949. The van der Waals surface area contributed by atoms with E-state index in [9.17, 15) is 5.11 Å². The van der Waals surface area contributed by atoms with Gasteiger partial charge in [0.25, 0.3) is 0 Å². The number of nitrogen functional groups attached to an aromatic ring is 1. The highest BCUT2D eigenvalue weighted by Crippen LogP contribution is 2.32. The number of ether oxygens (including phenoxy) is 1. The molecule has 142 valence electrons. The van der Waals surface area contributed by atoms with E-state index in [0.717, 1.165) is 52.3 Å². The number of aliphatic hydroxyl groups is 1. The van der Waals surface area contributed by atoms with Crippen molar-refractivity contribution in [2.24, 2.45) is 0 Å². The maximum absolute atomic E-state index is 10.1. The standard InChI is InChI=1S/C19H21ClN4O2S/c20-17-11(7-8-22-18(17)21)10-26-12-5-6-14-16(9-12)27-19(24-14)23-13-3-1-2-4-15(13)25/h5-9,13,15,25H,1-4,10H2,(H2,21,22)(H,23,24)/t13-,15+/m0/s1. The summed E-state index contributed by atoms with van der Waals surface area (Å²) in [6.07, 6.45) is 5.36. The van der Waals surface area contributed by atoms with Gasteiger partial charge in [0, 0.05) is 11.8 Å². The molecule has 4 N–H and O–H groups in total. The van der Waals surface area contributed by atoms with Gasteiger partial charge in [-0.2, -0.15) is 0 Å². The second-order valence-corrected chi connectivity index (χ2v) is 8.12. The maximum atomic E-state index is 10.1. The zero-order valence-electron chi connectivity index (χ0n) is 14.7. The summed E-state index contributed by atoms with van der Waals surface area (Å²) in [4.78, 5) is 8.57. The van der Waals surface area contributed by atoms with E-state index in [-0.39, 0.29) is 12.1 Å². The zero-order chi connectivity index (χ0) is 18.8. The van der Waals surface area contributed by atoms with Gasteiger partial charge in [-0.3, -0.25) is 0 Å². The molecule has 1 aliphatic rings. The number of halogens is 1. The molecule has 2 aromatic heterocycles. The Hall–Kier alpha value is -2.09. The molecule has 3 aromatic rings. The average Bonchev–Trinajstić information content (AvgIpc) is 3.06. The topological polar surface area (TPSA) is 93.3 Å². The van der Waals surface area contributed by atoms with E-state index in [1.54, 1.807) is 23.6 Å². The number of anilines is 2. The molecule has 6 nitrogen and oxygen atoms in total. The van der Waals surface area contributed by atoms with Gasteiger partial charge >= 0.3 is 0 Å². The third-order valence-electron chi connectivity index (χ3n) is 4.79. The highest BCUT2D eigenvalue weighted by molar-refractivity contribution is 7.22. The molecule has 8 heteroatoms. The predicted molar refractivity (Wildman–Crippen MR) is 109 cm³/mol. The molecule has 0 bridgehead atoms. The van der Waals surface area contributed by atoms with Crippen LogP contribution in [0.3, 0.4) is 0 Å². The molecule has 4 rings (SSSR count). The van der Waals surface area contributed by atoms with Crippen LogP contribution in [-0.4, -0.2) is 27.2 Å². The molecule has 1 aromatic carbocycles. The third kappa shape index (κ3) is 4.10. The summed E-state index contributed by atoms with van der Waals surface area (Å²) in [6, 6.07) is 7.66. The zero-order valence-corrected chi connectivity index (χ0v) is 16.3. The first kappa shape index (κ1) is 18.3. The lowest BCUT2D eigenvalue weighted by Gasteiger charge is -2.27. The van der Waals surface area contributed by atoms with Gasteiger partial charge in [-0.05, 0) is 37.1 Å². The van der Waals surface area contributed by atoms with Crippen LogP contribution >= 0.6 is 22.9 Å². The molecule has 0 amide bonds.